The topological polar surface area (TPSA) is 34.0 Å². The van der Waals surface area contributed by atoms with Crippen LogP contribution in [0.4, 0.5) is 17.1 Å². The van der Waals surface area contributed by atoms with Gasteiger partial charge in [0.1, 0.15) is 0 Å². The minimum atomic E-state index is 0.688. The quantitative estimate of drug-likeness (QED) is 0.143. The number of aromatic nitrogens is 3. The van der Waals surface area contributed by atoms with E-state index in [1.54, 1.807) is 0 Å². The van der Waals surface area contributed by atoms with E-state index in [0.29, 0.717) is 5.82 Å². The summed E-state index contributed by atoms with van der Waals surface area (Å²) < 4.78 is 2.37. The summed E-state index contributed by atoms with van der Waals surface area (Å²) in [5.74, 6) is 0.688. The maximum atomic E-state index is 5.31. The molecule has 0 aliphatic carbocycles. The molecule has 0 radical (unpaired) electrons. The third-order valence-electron chi connectivity index (χ3n) is 12.4. The van der Waals surface area contributed by atoms with Crippen molar-refractivity contribution in [2.75, 3.05) is 4.90 Å². The molecule has 0 N–H and O–H groups in total. The third-order valence-corrected chi connectivity index (χ3v) is 12.4. The zero-order chi connectivity index (χ0) is 42.4. The highest BCUT2D eigenvalue weighted by atomic mass is 15.1. The minimum absolute atomic E-state index is 0.688. The molecular formula is C60H40N4. The maximum Gasteiger partial charge on any atom is 0.160 e. The fourth-order valence-electron chi connectivity index (χ4n) is 9.34. The fourth-order valence-corrected chi connectivity index (χ4v) is 9.34. The van der Waals surface area contributed by atoms with Gasteiger partial charge in [-0.15, -0.1) is 0 Å². The average Bonchev–Trinajstić information content (AvgIpc) is 3.71. The smallest absolute Gasteiger partial charge is 0.160 e. The molecule has 2 aromatic heterocycles. The Kier molecular flexibility index (Phi) is 9.12. The van der Waals surface area contributed by atoms with Crippen molar-refractivity contribution in [1.29, 1.82) is 0 Å². The molecule has 0 aliphatic heterocycles. The first-order chi connectivity index (χ1) is 31.7. The Balaban J connectivity index is 1.07. The summed E-state index contributed by atoms with van der Waals surface area (Å²) in [4.78, 5) is 13.0. The second-order valence-corrected chi connectivity index (χ2v) is 16.2. The summed E-state index contributed by atoms with van der Waals surface area (Å²) in [5.41, 5.74) is 15.1. The van der Waals surface area contributed by atoms with Crippen molar-refractivity contribution in [2.24, 2.45) is 0 Å². The lowest BCUT2D eigenvalue weighted by Gasteiger charge is -2.29. The second kappa shape index (κ2) is 15.7. The van der Waals surface area contributed by atoms with E-state index in [9.17, 15) is 0 Å². The van der Waals surface area contributed by atoms with Gasteiger partial charge in [-0.05, 0) is 101 Å². The number of nitrogens with zero attached hydrogens (tertiary/aromatic N) is 4. The SMILES string of the molecule is c1ccc(-c2ccc(N(c3ccc(-c4nc(-c5ccccc5)c5ccc6ccccc6c5n4)cc3)c3ccc4c(c3)c3ccccc3n4-c3ccccc3)c(-c3ccccc3)c2)cc1. The van der Waals surface area contributed by atoms with Crippen LogP contribution < -0.4 is 4.90 Å². The third kappa shape index (κ3) is 6.48. The fraction of sp³-hybridized carbons (Fsp3) is 0. The first kappa shape index (κ1) is 37.2. The van der Waals surface area contributed by atoms with Gasteiger partial charge < -0.3 is 9.47 Å². The van der Waals surface area contributed by atoms with Crippen molar-refractivity contribution in [3.05, 3.63) is 243 Å². The largest absolute Gasteiger partial charge is 0.310 e. The van der Waals surface area contributed by atoms with Crippen LogP contribution in [-0.4, -0.2) is 14.5 Å². The molecule has 0 aliphatic rings. The highest BCUT2D eigenvalue weighted by Crippen LogP contribution is 2.45. The number of anilines is 3. The molecule has 10 aromatic carbocycles. The van der Waals surface area contributed by atoms with E-state index >= 15 is 0 Å². The lowest BCUT2D eigenvalue weighted by Crippen LogP contribution is -2.11. The van der Waals surface area contributed by atoms with Crippen LogP contribution in [0, 0.1) is 0 Å². The van der Waals surface area contributed by atoms with E-state index in [2.05, 4.69) is 246 Å². The van der Waals surface area contributed by atoms with Gasteiger partial charge in [0.2, 0.25) is 0 Å². The molecule has 0 atom stereocenters. The Hall–Kier alpha value is -8.60. The Bertz CT molecular complexity index is 3640. The summed E-state index contributed by atoms with van der Waals surface area (Å²) in [7, 11) is 0. The summed E-state index contributed by atoms with van der Waals surface area (Å²) in [6.07, 6.45) is 0. The van der Waals surface area contributed by atoms with Crippen LogP contribution in [0.25, 0.3) is 94.1 Å². The first-order valence-corrected chi connectivity index (χ1v) is 21.7. The highest BCUT2D eigenvalue weighted by Gasteiger charge is 2.22. The number of rotatable bonds is 8. The number of benzene rings is 10. The number of hydrogen-bond donors (Lipinski definition) is 0. The van der Waals surface area contributed by atoms with Gasteiger partial charge in [0, 0.05) is 55.3 Å². The molecule has 12 aromatic rings. The molecule has 64 heavy (non-hydrogen) atoms. The minimum Gasteiger partial charge on any atom is -0.310 e. The van der Waals surface area contributed by atoms with Crippen molar-refractivity contribution >= 4 is 60.5 Å². The van der Waals surface area contributed by atoms with Crippen molar-refractivity contribution in [3.63, 3.8) is 0 Å². The zero-order valence-electron chi connectivity index (χ0n) is 34.9. The number of hydrogen-bond acceptors (Lipinski definition) is 3. The molecule has 4 nitrogen and oxygen atoms in total. The van der Waals surface area contributed by atoms with Gasteiger partial charge in [-0.1, -0.05) is 164 Å². The Labute approximate surface area is 371 Å². The summed E-state index contributed by atoms with van der Waals surface area (Å²) >= 11 is 0. The van der Waals surface area contributed by atoms with Crippen LogP contribution in [-0.2, 0) is 0 Å². The molecular weight excluding hydrogens is 777 g/mol. The Morgan fingerprint density at radius 1 is 0.344 bits per heavy atom. The first-order valence-electron chi connectivity index (χ1n) is 21.7. The Morgan fingerprint density at radius 3 is 1.69 bits per heavy atom. The van der Waals surface area contributed by atoms with Crippen molar-refractivity contribution in [2.45, 2.75) is 0 Å². The molecule has 0 saturated carbocycles. The number of para-hydroxylation sites is 2. The van der Waals surface area contributed by atoms with E-state index in [0.717, 1.165) is 83.5 Å². The summed E-state index contributed by atoms with van der Waals surface area (Å²) in [6, 6.07) is 86.5. The van der Waals surface area contributed by atoms with Gasteiger partial charge in [-0.25, -0.2) is 9.97 Å². The van der Waals surface area contributed by atoms with Crippen LogP contribution in [0.2, 0.25) is 0 Å². The lowest BCUT2D eigenvalue weighted by molar-refractivity contribution is 1.18. The zero-order valence-corrected chi connectivity index (χ0v) is 34.9. The molecule has 0 bridgehead atoms. The van der Waals surface area contributed by atoms with Gasteiger partial charge in [0.15, 0.2) is 5.82 Å². The van der Waals surface area contributed by atoms with Crippen molar-refractivity contribution in [1.82, 2.24) is 14.5 Å². The van der Waals surface area contributed by atoms with Crippen LogP contribution in [0.5, 0.6) is 0 Å². The van der Waals surface area contributed by atoms with Crippen LogP contribution >= 0.6 is 0 Å². The average molecular weight is 817 g/mol. The van der Waals surface area contributed by atoms with Gasteiger partial charge in [0.05, 0.1) is 27.9 Å². The van der Waals surface area contributed by atoms with Gasteiger partial charge >= 0.3 is 0 Å². The standard InChI is InChI=1S/C60H40N4/c1-5-17-41(18-6-1)46-32-37-56(53(39-46)42-19-7-2-8-20-42)63(49-35-38-57-54(40-49)51-27-15-16-28-55(51)64(57)47-24-11-4-12-25-47)48-33-29-45(30-34-48)60-61-58(44-22-9-3-10-23-44)52-36-31-43-21-13-14-26-50(43)59(52)62-60/h1-40H. The monoisotopic (exact) mass is 816 g/mol. The van der Waals surface area contributed by atoms with E-state index in [1.807, 2.05) is 6.07 Å². The molecule has 300 valence electrons. The molecule has 12 rings (SSSR count). The van der Waals surface area contributed by atoms with Crippen LogP contribution in [0.3, 0.4) is 0 Å². The normalized spacial score (nSPS) is 11.4. The molecule has 0 saturated heterocycles. The van der Waals surface area contributed by atoms with E-state index in [4.69, 9.17) is 9.97 Å². The number of fused-ring (bicyclic) bond motifs is 6. The van der Waals surface area contributed by atoms with E-state index < -0.39 is 0 Å². The lowest BCUT2D eigenvalue weighted by atomic mass is 9.96. The molecule has 0 unspecified atom stereocenters. The predicted octanol–water partition coefficient (Wildman–Crippen LogP) is 16.0. The van der Waals surface area contributed by atoms with Gasteiger partial charge in [-0.3, -0.25) is 0 Å². The summed E-state index contributed by atoms with van der Waals surface area (Å²) in [6.45, 7) is 0. The van der Waals surface area contributed by atoms with Gasteiger partial charge in [0.25, 0.3) is 0 Å². The molecule has 4 heteroatoms. The Morgan fingerprint density at radius 2 is 0.938 bits per heavy atom. The van der Waals surface area contributed by atoms with Crippen molar-refractivity contribution < 1.29 is 0 Å². The maximum absolute atomic E-state index is 5.31. The van der Waals surface area contributed by atoms with E-state index in [-0.39, 0.29) is 0 Å². The predicted molar refractivity (Wildman–Crippen MR) is 268 cm³/mol. The molecule has 2 heterocycles. The molecule has 0 fully saturated rings. The molecule has 0 spiro atoms. The summed E-state index contributed by atoms with van der Waals surface area (Å²) in [5, 5.41) is 5.69. The highest BCUT2D eigenvalue weighted by molar-refractivity contribution is 6.11. The second-order valence-electron chi connectivity index (χ2n) is 16.2. The van der Waals surface area contributed by atoms with Crippen LogP contribution in [0.1, 0.15) is 0 Å². The van der Waals surface area contributed by atoms with E-state index in [1.165, 1.54) is 21.9 Å². The molecule has 0 amide bonds. The van der Waals surface area contributed by atoms with Crippen molar-refractivity contribution in [3.8, 4) is 50.6 Å². The van der Waals surface area contributed by atoms with Gasteiger partial charge in [-0.2, -0.15) is 0 Å². The van der Waals surface area contributed by atoms with Crippen LogP contribution in [0.15, 0.2) is 243 Å².